The van der Waals surface area contributed by atoms with Crippen molar-refractivity contribution in [1.82, 2.24) is 15.5 Å². The molecule has 0 aliphatic carbocycles. The van der Waals surface area contributed by atoms with E-state index in [1.54, 1.807) is 18.2 Å². The first-order chi connectivity index (χ1) is 10.0. The zero-order valence-electron chi connectivity index (χ0n) is 12.5. The summed E-state index contributed by atoms with van der Waals surface area (Å²) < 4.78 is 11.0. The molecule has 0 radical (unpaired) electrons. The van der Waals surface area contributed by atoms with Crippen molar-refractivity contribution < 1.29 is 9.26 Å². The largest absolute Gasteiger partial charge is 0.479 e. The number of nitrogens with zero attached hydrogens (tertiary/aromatic N) is 2. The zero-order chi connectivity index (χ0) is 15.4. The molecule has 2 rings (SSSR count). The van der Waals surface area contributed by atoms with Crippen molar-refractivity contribution in [1.29, 1.82) is 0 Å². The van der Waals surface area contributed by atoms with E-state index in [9.17, 15) is 0 Å². The molecule has 0 saturated carbocycles. The van der Waals surface area contributed by atoms with Crippen LogP contribution in [0.2, 0.25) is 10.0 Å². The van der Waals surface area contributed by atoms with Crippen LogP contribution in [0.25, 0.3) is 0 Å². The summed E-state index contributed by atoms with van der Waals surface area (Å²) in [5.74, 6) is 1.53. The molecule has 0 aliphatic heterocycles. The number of aromatic nitrogens is 2. The third-order valence-corrected chi connectivity index (χ3v) is 3.83. The number of hydrogen-bond acceptors (Lipinski definition) is 5. The van der Waals surface area contributed by atoms with Crippen LogP contribution in [0.3, 0.4) is 0 Å². The molecule has 5 nitrogen and oxygen atoms in total. The summed E-state index contributed by atoms with van der Waals surface area (Å²) >= 11 is 12.0. The van der Waals surface area contributed by atoms with Gasteiger partial charge in [0.2, 0.25) is 0 Å². The highest BCUT2D eigenvalue weighted by Gasteiger charge is 2.18. The molecule has 1 heterocycles. The molecule has 0 fully saturated rings. The fourth-order valence-electron chi connectivity index (χ4n) is 1.71. The van der Waals surface area contributed by atoms with E-state index in [1.807, 2.05) is 20.9 Å². The second-order valence-electron chi connectivity index (χ2n) is 4.75. The van der Waals surface area contributed by atoms with Crippen molar-refractivity contribution in [3.8, 4) is 5.75 Å². The van der Waals surface area contributed by atoms with E-state index in [0.717, 1.165) is 0 Å². The number of rotatable bonds is 6. The summed E-state index contributed by atoms with van der Waals surface area (Å²) in [5.41, 5.74) is 0. The van der Waals surface area contributed by atoms with Crippen molar-refractivity contribution >= 4 is 35.6 Å². The molecule has 22 heavy (non-hydrogen) atoms. The average molecular weight is 367 g/mol. The van der Waals surface area contributed by atoms with E-state index >= 15 is 0 Å². The maximum Gasteiger partial charge on any atom is 0.267 e. The monoisotopic (exact) mass is 365 g/mol. The quantitative estimate of drug-likeness (QED) is 0.834. The third-order valence-electron chi connectivity index (χ3n) is 3.03. The van der Waals surface area contributed by atoms with Gasteiger partial charge in [0.05, 0.1) is 5.02 Å². The van der Waals surface area contributed by atoms with Crippen molar-refractivity contribution in [2.75, 3.05) is 7.05 Å². The molecule has 0 amide bonds. The van der Waals surface area contributed by atoms with Gasteiger partial charge in [0.25, 0.3) is 5.89 Å². The number of halogens is 3. The molecule has 1 aromatic carbocycles. The summed E-state index contributed by atoms with van der Waals surface area (Å²) in [6.45, 7) is 3.86. The van der Waals surface area contributed by atoms with Crippen LogP contribution in [-0.4, -0.2) is 23.2 Å². The zero-order valence-corrected chi connectivity index (χ0v) is 14.8. The Kier molecular flexibility index (Phi) is 7.42. The minimum atomic E-state index is -0.410. The van der Waals surface area contributed by atoms with Crippen molar-refractivity contribution in [2.24, 2.45) is 0 Å². The Bertz CT molecular complexity index is 607. The van der Waals surface area contributed by atoms with E-state index in [1.165, 1.54) is 0 Å². The summed E-state index contributed by atoms with van der Waals surface area (Å²) in [6.07, 6.45) is 0.275. The van der Waals surface area contributed by atoms with Crippen LogP contribution in [-0.2, 0) is 6.42 Å². The van der Waals surface area contributed by atoms with E-state index in [4.69, 9.17) is 32.5 Å². The topological polar surface area (TPSA) is 60.2 Å². The van der Waals surface area contributed by atoms with Gasteiger partial charge in [-0.2, -0.15) is 4.98 Å². The normalized spacial score (nSPS) is 13.3. The van der Waals surface area contributed by atoms with Crippen LogP contribution < -0.4 is 10.1 Å². The molecular weight excluding hydrogens is 349 g/mol. The predicted molar refractivity (Wildman–Crippen MR) is 89.3 cm³/mol. The first kappa shape index (κ1) is 19.0. The van der Waals surface area contributed by atoms with Crippen LogP contribution in [0.1, 0.15) is 31.7 Å². The molecule has 2 aromatic rings. The molecule has 0 aliphatic rings. The molecule has 0 spiro atoms. The Hall–Kier alpha value is -1.01. The molecule has 2 atom stereocenters. The fraction of sp³-hybridized carbons (Fsp3) is 0.429. The van der Waals surface area contributed by atoms with Gasteiger partial charge >= 0.3 is 0 Å². The lowest BCUT2D eigenvalue weighted by Gasteiger charge is -2.12. The second-order valence-corrected chi connectivity index (χ2v) is 5.54. The molecule has 2 unspecified atom stereocenters. The van der Waals surface area contributed by atoms with Crippen LogP contribution in [0.4, 0.5) is 0 Å². The highest BCUT2D eigenvalue weighted by molar-refractivity contribution is 6.42. The summed E-state index contributed by atoms with van der Waals surface area (Å²) in [6, 6.07) is 5.48. The van der Waals surface area contributed by atoms with Crippen LogP contribution >= 0.6 is 35.6 Å². The standard InChI is InChI=1S/C14H17Cl2N3O2.ClH/c1-8(17-3)7-12-18-14(21-19-12)9(2)20-11-6-4-5-10(15)13(11)16;/h4-6,8-9,17H,7H2,1-3H3;1H. The van der Waals surface area contributed by atoms with Crippen LogP contribution in [0.15, 0.2) is 22.7 Å². The van der Waals surface area contributed by atoms with Crippen LogP contribution in [0.5, 0.6) is 5.75 Å². The molecule has 0 saturated heterocycles. The van der Waals surface area contributed by atoms with Gasteiger partial charge in [0.1, 0.15) is 10.8 Å². The molecular formula is C14H18Cl3N3O2. The van der Waals surface area contributed by atoms with Gasteiger partial charge in [-0.3, -0.25) is 0 Å². The highest BCUT2D eigenvalue weighted by atomic mass is 35.5. The smallest absolute Gasteiger partial charge is 0.267 e. The first-order valence-corrected chi connectivity index (χ1v) is 7.37. The summed E-state index contributed by atoms with van der Waals surface area (Å²) in [5, 5.41) is 7.87. The van der Waals surface area contributed by atoms with Gasteiger partial charge < -0.3 is 14.6 Å². The third kappa shape index (κ3) is 4.74. The summed E-state index contributed by atoms with van der Waals surface area (Å²) in [4.78, 5) is 4.33. The fourth-order valence-corrected chi connectivity index (χ4v) is 2.04. The molecule has 8 heteroatoms. The summed E-state index contributed by atoms with van der Waals surface area (Å²) in [7, 11) is 1.89. The lowest BCUT2D eigenvalue weighted by molar-refractivity contribution is 0.176. The van der Waals surface area contributed by atoms with Crippen molar-refractivity contribution in [3.63, 3.8) is 0 Å². The van der Waals surface area contributed by atoms with Gasteiger partial charge in [-0.1, -0.05) is 34.4 Å². The maximum atomic E-state index is 6.09. The second kappa shape index (κ2) is 8.58. The Morgan fingerprint density at radius 2 is 2.05 bits per heavy atom. The van der Waals surface area contributed by atoms with Gasteiger partial charge in [-0.05, 0) is 33.0 Å². The lowest BCUT2D eigenvalue weighted by atomic mass is 10.2. The Labute approximate surface area is 145 Å². The molecule has 122 valence electrons. The number of benzene rings is 1. The van der Waals surface area contributed by atoms with Gasteiger partial charge in [0, 0.05) is 12.5 Å². The van der Waals surface area contributed by atoms with Crippen molar-refractivity contribution in [2.45, 2.75) is 32.4 Å². The lowest BCUT2D eigenvalue weighted by Crippen LogP contribution is -2.24. The highest BCUT2D eigenvalue weighted by Crippen LogP contribution is 2.34. The SMILES string of the molecule is CNC(C)Cc1noc(C(C)Oc2cccc(Cl)c2Cl)n1.Cl. The average Bonchev–Trinajstić information content (AvgIpc) is 2.92. The van der Waals surface area contributed by atoms with Crippen LogP contribution in [0, 0.1) is 0 Å². The maximum absolute atomic E-state index is 6.09. The Balaban J connectivity index is 0.00000242. The van der Waals surface area contributed by atoms with E-state index in [2.05, 4.69) is 15.5 Å². The Morgan fingerprint density at radius 3 is 2.73 bits per heavy atom. The van der Waals surface area contributed by atoms with Gasteiger partial charge in [0.15, 0.2) is 11.9 Å². The molecule has 0 bridgehead atoms. The number of likely N-dealkylation sites (N-methyl/N-ethyl adjacent to an activating group) is 1. The van der Waals surface area contributed by atoms with Gasteiger partial charge in [-0.15, -0.1) is 12.4 Å². The number of nitrogens with one attached hydrogen (secondary N) is 1. The van der Waals surface area contributed by atoms with E-state index in [0.29, 0.717) is 33.9 Å². The molecule has 1 aromatic heterocycles. The predicted octanol–water partition coefficient (Wildman–Crippen LogP) is 4.09. The minimum absolute atomic E-state index is 0. The minimum Gasteiger partial charge on any atom is -0.479 e. The van der Waals surface area contributed by atoms with Crippen molar-refractivity contribution in [3.05, 3.63) is 40.0 Å². The van der Waals surface area contributed by atoms with Gasteiger partial charge in [-0.25, -0.2) is 0 Å². The Morgan fingerprint density at radius 1 is 1.32 bits per heavy atom. The number of hydrogen-bond donors (Lipinski definition) is 1. The van der Waals surface area contributed by atoms with E-state index in [-0.39, 0.29) is 18.4 Å². The number of ether oxygens (including phenoxy) is 1. The van der Waals surface area contributed by atoms with E-state index < -0.39 is 6.10 Å². The molecule has 1 N–H and O–H groups in total. The first-order valence-electron chi connectivity index (χ1n) is 6.61.